The Morgan fingerprint density at radius 1 is 1.06 bits per heavy atom. The maximum absolute atomic E-state index is 13.2. The van der Waals surface area contributed by atoms with E-state index in [4.69, 9.17) is 0 Å². The Balaban J connectivity index is 1.46. The van der Waals surface area contributed by atoms with Gasteiger partial charge in [-0.15, -0.1) is 11.3 Å². The van der Waals surface area contributed by atoms with E-state index in [1.807, 2.05) is 42.6 Å². The van der Waals surface area contributed by atoms with Gasteiger partial charge in [-0.25, -0.2) is 13.4 Å². The zero-order valence-corrected chi connectivity index (χ0v) is 19.7. The number of amides is 1. The Morgan fingerprint density at radius 2 is 1.75 bits per heavy atom. The summed E-state index contributed by atoms with van der Waals surface area (Å²) in [6.45, 7) is 2.33. The molecule has 0 saturated heterocycles. The molecule has 3 aromatic rings. The number of carbonyl (C=O) groups is 1. The highest BCUT2D eigenvalue weighted by Gasteiger charge is 2.31. The fourth-order valence-electron chi connectivity index (χ4n) is 4.15. The van der Waals surface area contributed by atoms with Gasteiger partial charge in [0.1, 0.15) is 0 Å². The van der Waals surface area contributed by atoms with Crippen LogP contribution in [0, 0.1) is 0 Å². The molecule has 0 atom stereocenters. The van der Waals surface area contributed by atoms with Gasteiger partial charge in [-0.3, -0.25) is 10.1 Å². The number of aromatic nitrogens is 1. The van der Waals surface area contributed by atoms with Crippen LogP contribution in [0.3, 0.4) is 0 Å². The minimum absolute atomic E-state index is 0.0606. The third kappa shape index (κ3) is 4.92. The average Bonchev–Trinajstić information content (AvgIpc) is 3.29. The first kappa shape index (κ1) is 22.6. The third-order valence-electron chi connectivity index (χ3n) is 5.81. The van der Waals surface area contributed by atoms with Gasteiger partial charge in [0.2, 0.25) is 10.0 Å². The van der Waals surface area contributed by atoms with Crippen LogP contribution >= 0.6 is 11.3 Å². The number of nitrogens with zero attached hydrogens (tertiary/aromatic N) is 2. The number of hydrogen-bond acceptors (Lipinski definition) is 5. The molecule has 2 aromatic carbocycles. The fourth-order valence-corrected chi connectivity index (χ4v) is 6.56. The molecule has 4 rings (SSSR count). The van der Waals surface area contributed by atoms with Crippen molar-refractivity contribution >= 4 is 32.4 Å². The molecule has 32 heavy (non-hydrogen) atoms. The molecule has 1 heterocycles. The molecule has 168 valence electrons. The van der Waals surface area contributed by atoms with Crippen molar-refractivity contribution in [3.8, 4) is 11.3 Å². The van der Waals surface area contributed by atoms with Crippen LogP contribution < -0.4 is 5.32 Å². The van der Waals surface area contributed by atoms with Crippen molar-refractivity contribution in [3.05, 3.63) is 65.5 Å². The van der Waals surface area contributed by atoms with E-state index < -0.39 is 10.0 Å². The predicted molar refractivity (Wildman–Crippen MR) is 128 cm³/mol. The second-order valence-electron chi connectivity index (χ2n) is 7.88. The van der Waals surface area contributed by atoms with Crippen LogP contribution in [-0.2, 0) is 10.0 Å². The topological polar surface area (TPSA) is 79.4 Å². The lowest BCUT2D eigenvalue weighted by Gasteiger charge is -2.32. The Bertz CT molecular complexity index is 1150. The van der Waals surface area contributed by atoms with Gasteiger partial charge in [-0.05, 0) is 37.1 Å². The van der Waals surface area contributed by atoms with Gasteiger partial charge >= 0.3 is 0 Å². The van der Waals surface area contributed by atoms with Crippen molar-refractivity contribution in [1.82, 2.24) is 9.29 Å². The lowest BCUT2D eigenvalue weighted by molar-refractivity contribution is 0.102. The van der Waals surface area contributed by atoms with E-state index in [1.54, 1.807) is 16.4 Å². The molecule has 0 bridgehead atoms. The molecule has 1 aliphatic carbocycles. The van der Waals surface area contributed by atoms with Crippen molar-refractivity contribution < 1.29 is 13.2 Å². The van der Waals surface area contributed by atoms with Crippen LogP contribution in [0.4, 0.5) is 5.13 Å². The lowest BCUT2D eigenvalue weighted by Crippen LogP contribution is -2.41. The zero-order valence-electron chi connectivity index (χ0n) is 18.0. The van der Waals surface area contributed by atoms with E-state index in [2.05, 4.69) is 10.3 Å². The third-order valence-corrected chi connectivity index (χ3v) is 8.61. The van der Waals surface area contributed by atoms with Crippen LogP contribution in [0.2, 0.25) is 0 Å². The molecule has 1 amide bonds. The first-order chi connectivity index (χ1) is 15.5. The standard InChI is InChI=1S/C24H27N3O3S2/c1-2-27(20-11-7-4-8-12-20)32(29,30)21-15-13-19(14-16-21)23(28)26-24-25-22(17-31-24)18-9-5-3-6-10-18/h3,5-6,9-10,13-17,20H,2,4,7-8,11-12H2,1H3,(H,25,26,28). The molecule has 1 N–H and O–H groups in total. The van der Waals surface area contributed by atoms with Crippen LogP contribution in [0.1, 0.15) is 49.4 Å². The highest BCUT2D eigenvalue weighted by molar-refractivity contribution is 7.89. The molecule has 1 aliphatic rings. The Hall–Kier alpha value is -2.55. The number of hydrogen-bond donors (Lipinski definition) is 1. The van der Waals surface area contributed by atoms with Gasteiger partial charge in [-0.2, -0.15) is 4.31 Å². The molecule has 0 spiro atoms. The quantitative estimate of drug-likeness (QED) is 0.502. The summed E-state index contributed by atoms with van der Waals surface area (Å²) in [6.07, 6.45) is 5.12. The summed E-state index contributed by atoms with van der Waals surface area (Å²) < 4.78 is 28.0. The number of nitrogens with one attached hydrogen (secondary N) is 1. The Kier molecular flexibility index (Phi) is 7.03. The molecular weight excluding hydrogens is 442 g/mol. The summed E-state index contributed by atoms with van der Waals surface area (Å²) in [5, 5.41) is 5.19. The maximum atomic E-state index is 13.2. The molecule has 0 aliphatic heterocycles. The highest BCUT2D eigenvalue weighted by atomic mass is 32.2. The number of rotatable bonds is 7. The van der Waals surface area contributed by atoms with E-state index >= 15 is 0 Å². The minimum atomic E-state index is -3.59. The van der Waals surface area contributed by atoms with Gasteiger partial charge in [0.25, 0.3) is 5.91 Å². The summed E-state index contributed by atoms with van der Waals surface area (Å²) in [7, 11) is -3.59. The first-order valence-electron chi connectivity index (χ1n) is 10.9. The van der Waals surface area contributed by atoms with Crippen LogP contribution in [0.15, 0.2) is 64.9 Å². The van der Waals surface area contributed by atoms with Crippen molar-refractivity contribution in [2.24, 2.45) is 0 Å². The number of thiazole rings is 1. The van der Waals surface area contributed by atoms with Gasteiger partial charge in [0, 0.05) is 29.1 Å². The lowest BCUT2D eigenvalue weighted by atomic mass is 9.95. The summed E-state index contributed by atoms with van der Waals surface area (Å²) >= 11 is 1.35. The molecule has 0 radical (unpaired) electrons. The molecule has 1 aromatic heterocycles. The van der Waals surface area contributed by atoms with Crippen molar-refractivity contribution in [3.63, 3.8) is 0 Å². The second kappa shape index (κ2) is 9.94. The van der Waals surface area contributed by atoms with Crippen molar-refractivity contribution in [2.75, 3.05) is 11.9 Å². The van der Waals surface area contributed by atoms with E-state index in [1.165, 1.54) is 29.9 Å². The number of benzene rings is 2. The smallest absolute Gasteiger partial charge is 0.257 e. The van der Waals surface area contributed by atoms with Gasteiger partial charge < -0.3 is 0 Å². The molecular formula is C24H27N3O3S2. The molecule has 1 saturated carbocycles. The monoisotopic (exact) mass is 469 g/mol. The van der Waals surface area contributed by atoms with Crippen molar-refractivity contribution in [1.29, 1.82) is 0 Å². The number of carbonyl (C=O) groups excluding carboxylic acids is 1. The Morgan fingerprint density at radius 3 is 2.41 bits per heavy atom. The molecule has 6 nitrogen and oxygen atoms in total. The summed E-state index contributed by atoms with van der Waals surface area (Å²) in [5.41, 5.74) is 2.17. The summed E-state index contributed by atoms with van der Waals surface area (Å²) in [5.74, 6) is -0.317. The summed E-state index contributed by atoms with van der Waals surface area (Å²) in [4.78, 5) is 17.4. The van der Waals surface area contributed by atoms with Crippen LogP contribution in [0.25, 0.3) is 11.3 Å². The minimum Gasteiger partial charge on any atom is -0.298 e. The van der Waals surface area contributed by atoms with E-state index in [9.17, 15) is 13.2 Å². The fraction of sp³-hybridized carbons (Fsp3) is 0.333. The predicted octanol–water partition coefficient (Wildman–Crippen LogP) is 5.41. The largest absolute Gasteiger partial charge is 0.298 e. The normalized spacial score (nSPS) is 15.1. The zero-order chi connectivity index (χ0) is 22.6. The average molecular weight is 470 g/mol. The van der Waals surface area contributed by atoms with Gasteiger partial charge in [-0.1, -0.05) is 56.5 Å². The molecule has 0 unspecified atom stereocenters. The van der Waals surface area contributed by atoms with E-state index in [-0.39, 0.29) is 16.8 Å². The molecule has 8 heteroatoms. The summed E-state index contributed by atoms with van der Waals surface area (Å²) in [6, 6.07) is 16.0. The van der Waals surface area contributed by atoms with Crippen LogP contribution in [-0.4, -0.2) is 36.2 Å². The first-order valence-corrected chi connectivity index (χ1v) is 13.2. The number of anilines is 1. The Labute approximate surface area is 193 Å². The van der Waals surface area contributed by atoms with E-state index in [0.29, 0.717) is 17.2 Å². The maximum Gasteiger partial charge on any atom is 0.257 e. The second-order valence-corrected chi connectivity index (χ2v) is 10.6. The van der Waals surface area contributed by atoms with E-state index in [0.717, 1.165) is 36.9 Å². The van der Waals surface area contributed by atoms with Gasteiger partial charge in [0.05, 0.1) is 10.6 Å². The molecule has 1 fully saturated rings. The van der Waals surface area contributed by atoms with Crippen LogP contribution in [0.5, 0.6) is 0 Å². The highest BCUT2D eigenvalue weighted by Crippen LogP contribution is 2.28. The number of sulfonamides is 1. The van der Waals surface area contributed by atoms with Gasteiger partial charge in [0.15, 0.2) is 5.13 Å². The SMILES string of the molecule is CCN(C1CCCCC1)S(=O)(=O)c1ccc(C(=O)Nc2nc(-c3ccccc3)cs2)cc1. The van der Waals surface area contributed by atoms with Crippen molar-refractivity contribution in [2.45, 2.75) is 50.0 Å².